The monoisotopic (exact) mass is 354 g/mol. The van der Waals surface area contributed by atoms with Crippen LogP contribution in [0.15, 0.2) is 72.8 Å². The summed E-state index contributed by atoms with van der Waals surface area (Å²) in [4.78, 5) is 5.12. The van der Waals surface area contributed by atoms with E-state index < -0.39 is 0 Å². The zero-order valence-electron chi connectivity index (χ0n) is 15.0. The largest absolute Gasteiger partial charge is 0.246 e. The van der Waals surface area contributed by atoms with Gasteiger partial charge in [-0.15, -0.1) is 0 Å². The number of nitriles is 1. The smallest absolute Gasteiger partial charge is 0.0991 e. The van der Waals surface area contributed by atoms with E-state index in [-0.39, 0.29) is 0 Å². The highest BCUT2D eigenvalue weighted by atomic mass is 14.7. The quantitative estimate of drug-likeness (QED) is 0.450. The highest BCUT2D eigenvalue weighted by molar-refractivity contribution is 5.89. The fourth-order valence-electron chi connectivity index (χ4n) is 4.32. The van der Waals surface area contributed by atoms with E-state index in [4.69, 9.17) is 4.98 Å². The van der Waals surface area contributed by atoms with Crippen molar-refractivity contribution in [3.05, 3.63) is 110 Å². The molecular formula is C26H14N2. The zero-order valence-corrected chi connectivity index (χ0v) is 15.0. The van der Waals surface area contributed by atoms with Gasteiger partial charge in [0.15, 0.2) is 0 Å². The normalized spacial score (nSPS) is 12.1. The minimum absolute atomic E-state index is 0.672. The first-order valence-corrected chi connectivity index (χ1v) is 9.30. The Morgan fingerprint density at radius 3 is 2.43 bits per heavy atom. The van der Waals surface area contributed by atoms with E-state index in [1.165, 1.54) is 27.1 Å². The van der Waals surface area contributed by atoms with Crippen LogP contribution in [0.3, 0.4) is 0 Å². The van der Waals surface area contributed by atoms with Gasteiger partial charge < -0.3 is 0 Å². The van der Waals surface area contributed by atoms with Crippen molar-refractivity contribution in [3.63, 3.8) is 0 Å². The number of rotatable bonds is 1. The Kier molecular flexibility index (Phi) is 2.98. The van der Waals surface area contributed by atoms with Crippen molar-refractivity contribution < 1.29 is 0 Å². The molecule has 1 aromatic heterocycles. The average Bonchev–Trinajstić information content (AvgIpc) is 3.30. The van der Waals surface area contributed by atoms with Crippen LogP contribution in [0.4, 0.5) is 0 Å². The van der Waals surface area contributed by atoms with E-state index in [1.807, 2.05) is 24.3 Å². The maximum absolute atomic E-state index is 9.17. The molecule has 0 radical (unpaired) electrons. The molecule has 0 bridgehead atoms. The first-order valence-electron chi connectivity index (χ1n) is 9.30. The summed E-state index contributed by atoms with van der Waals surface area (Å²) < 4.78 is 0. The summed E-state index contributed by atoms with van der Waals surface area (Å²) in [7, 11) is 0. The van der Waals surface area contributed by atoms with Crippen LogP contribution in [-0.4, -0.2) is 4.98 Å². The van der Waals surface area contributed by atoms with Crippen LogP contribution in [0.5, 0.6) is 0 Å². The third-order valence-electron chi connectivity index (χ3n) is 5.61. The number of nitrogens with zero attached hydrogens (tertiary/aromatic N) is 2. The summed E-state index contributed by atoms with van der Waals surface area (Å²) in [6.07, 6.45) is 4.48. The summed E-state index contributed by atoms with van der Waals surface area (Å²) >= 11 is 0. The Hall–Kier alpha value is -3.96. The molecule has 0 saturated heterocycles. The second-order valence-electron chi connectivity index (χ2n) is 7.16. The molecule has 1 heterocycles. The molecule has 0 N–H and O–H groups in total. The Labute approximate surface area is 161 Å². The predicted octanol–water partition coefficient (Wildman–Crippen LogP) is 3.86. The minimum atomic E-state index is 0.672. The fourth-order valence-corrected chi connectivity index (χ4v) is 4.32. The number of hydrogen-bond acceptors (Lipinski definition) is 2. The van der Waals surface area contributed by atoms with Crippen molar-refractivity contribution >= 4 is 12.2 Å². The lowest BCUT2D eigenvalue weighted by molar-refractivity contribution is 1.22. The Bertz CT molecular complexity index is 1550. The molecule has 0 fully saturated rings. The zero-order chi connectivity index (χ0) is 18.7. The molecule has 0 atom stereocenters. The Morgan fingerprint density at radius 1 is 0.786 bits per heavy atom. The molecule has 6 rings (SSSR count). The van der Waals surface area contributed by atoms with Crippen LogP contribution < -0.4 is 10.4 Å². The highest BCUT2D eigenvalue weighted by Crippen LogP contribution is 2.31. The van der Waals surface area contributed by atoms with E-state index in [9.17, 15) is 5.26 Å². The third-order valence-corrected chi connectivity index (χ3v) is 5.61. The van der Waals surface area contributed by atoms with Crippen LogP contribution in [0, 0.1) is 21.9 Å². The van der Waals surface area contributed by atoms with Gasteiger partial charge in [-0.25, -0.2) is 4.98 Å². The second kappa shape index (κ2) is 5.52. The molecule has 128 valence electrons. The second-order valence-corrected chi connectivity index (χ2v) is 7.16. The molecule has 2 aliphatic carbocycles. The number of pyridine rings is 1. The van der Waals surface area contributed by atoms with Crippen molar-refractivity contribution in [2.45, 2.75) is 0 Å². The molecule has 4 aromatic rings. The molecule has 0 amide bonds. The molecule has 0 saturated carbocycles. The maximum Gasteiger partial charge on any atom is 0.0991 e. The van der Waals surface area contributed by atoms with Gasteiger partial charge in [0, 0.05) is 27.1 Å². The van der Waals surface area contributed by atoms with E-state index in [0.29, 0.717) is 5.56 Å². The third kappa shape index (κ3) is 1.99. The summed E-state index contributed by atoms with van der Waals surface area (Å²) in [5.41, 5.74) is 7.56. The Balaban J connectivity index is 1.80. The standard InChI is InChI=1S/C26H14N2/c27-15-16-9-11-17(12-10-16)24-22-13-18-5-1-3-7-20(18)25(22)28-26-21-8-4-2-6-19(21)14-23(24)26/h1-14H. The van der Waals surface area contributed by atoms with Crippen LogP contribution in [0.25, 0.3) is 34.5 Å². The molecule has 28 heavy (non-hydrogen) atoms. The van der Waals surface area contributed by atoms with Gasteiger partial charge in [0.05, 0.1) is 22.7 Å². The topological polar surface area (TPSA) is 36.7 Å². The van der Waals surface area contributed by atoms with Crippen molar-refractivity contribution in [1.29, 1.82) is 5.26 Å². The lowest BCUT2D eigenvalue weighted by Crippen LogP contribution is -2.11. The summed E-state index contributed by atoms with van der Waals surface area (Å²) in [6, 6.07) is 26.9. The number of benzene rings is 3. The lowest BCUT2D eigenvalue weighted by atomic mass is 9.96. The van der Waals surface area contributed by atoms with Crippen LogP contribution in [0.1, 0.15) is 16.7 Å². The van der Waals surface area contributed by atoms with E-state index in [2.05, 4.69) is 66.8 Å². The van der Waals surface area contributed by atoms with E-state index in [1.54, 1.807) is 0 Å². The van der Waals surface area contributed by atoms with Crippen molar-refractivity contribution in [1.82, 2.24) is 4.98 Å². The molecule has 0 spiro atoms. The van der Waals surface area contributed by atoms with Gasteiger partial charge in [0.2, 0.25) is 0 Å². The van der Waals surface area contributed by atoms with Crippen LogP contribution in [0.2, 0.25) is 0 Å². The number of hydrogen-bond donors (Lipinski definition) is 0. The summed E-state index contributed by atoms with van der Waals surface area (Å²) in [6.45, 7) is 0. The molecule has 3 aromatic carbocycles. The first-order chi connectivity index (χ1) is 13.8. The summed E-state index contributed by atoms with van der Waals surface area (Å²) in [5, 5.41) is 13.8. The van der Waals surface area contributed by atoms with Gasteiger partial charge in [0.25, 0.3) is 0 Å². The molecule has 2 heteroatoms. The van der Waals surface area contributed by atoms with Crippen molar-refractivity contribution in [2.75, 3.05) is 0 Å². The Morgan fingerprint density at radius 2 is 1.57 bits per heavy atom. The van der Waals surface area contributed by atoms with Gasteiger partial charge in [-0.2, -0.15) is 5.26 Å². The van der Waals surface area contributed by atoms with Gasteiger partial charge in [-0.1, -0.05) is 60.7 Å². The molecule has 0 unspecified atom stereocenters. The SMILES string of the molecule is N#Cc1ccc(-c2c3c(nc4c2=Cc2ccccc2-4)=c2ccccc2=C3)cc1. The fraction of sp³-hybridized carbons (Fsp3) is 0. The van der Waals surface area contributed by atoms with Gasteiger partial charge >= 0.3 is 0 Å². The molecular weight excluding hydrogens is 340 g/mol. The minimum Gasteiger partial charge on any atom is -0.246 e. The summed E-state index contributed by atoms with van der Waals surface area (Å²) in [5.74, 6) is 0. The van der Waals surface area contributed by atoms with Gasteiger partial charge in [-0.3, -0.25) is 0 Å². The molecule has 0 aliphatic heterocycles. The van der Waals surface area contributed by atoms with E-state index >= 15 is 0 Å². The van der Waals surface area contributed by atoms with Crippen molar-refractivity contribution in [2.24, 2.45) is 0 Å². The average molecular weight is 354 g/mol. The molecule has 2 nitrogen and oxygen atoms in total. The van der Waals surface area contributed by atoms with Crippen LogP contribution in [-0.2, 0) is 0 Å². The highest BCUT2D eigenvalue weighted by Gasteiger charge is 2.21. The van der Waals surface area contributed by atoms with E-state index in [0.717, 1.165) is 27.4 Å². The van der Waals surface area contributed by atoms with Gasteiger partial charge in [-0.05, 0) is 40.6 Å². The van der Waals surface area contributed by atoms with Crippen molar-refractivity contribution in [3.8, 4) is 28.5 Å². The lowest BCUT2D eigenvalue weighted by Gasteiger charge is -2.10. The number of aromatic nitrogens is 1. The first kappa shape index (κ1) is 15.1. The van der Waals surface area contributed by atoms with Crippen LogP contribution >= 0.6 is 0 Å². The number of fused-ring (bicyclic) bond motifs is 5. The van der Waals surface area contributed by atoms with Gasteiger partial charge in [0.1, 0.15) is 0 Å². The molecule has 2 aliphatic rings. The predicted molar refractivity (Wildman–Crippen MR) is 110 cm³/mol. The maximum atomic E-state index is 9.17.